The van der Waals surface area contributed by atoms with Crippen LogP contribution in [-0.4, -0.2) is 280 Å². The summed E-state index contributed by atoms with van der Waals surface area (Å²) in [7, 11) is 8.81. The lowest BCUT2D eigenvalue weighted by Gasteiger charge is -2.40. The van der Waals surface area contributed by atoms with Crippen LogP contribution in [-0.2, 0) is 99.1 Å². The highest BCUT2D eigenvalue weighted by atomic mass is 28.4. The van der Waals surface area contributed by atoms with Crippen LogP contribution < -0.4 is 33.1 Å². The van der Waals surface area contributed by atoms with Gasteiger partial charge in [0, 0.05) is 101 Å². The van der Waals surface area contributed by atoms with Gasteiger partial charge in [0.1, 0.15) is 33.0 Å². The summed E-state index contributed by atoms with van der Waals surface area (Å²) in [5.41, 5.74) is -5.54. The van der Waals surface area contributed by atoms with Crippen molar-refractivity contribution in [2.24, 2.45) is 32.1 Å². The Morgan fingerprint density at radius 1 is 0.455 bits per heavy atom. The molecule has 0 unspecified atom stereocenters. The topological polar surface area (TPSA) is 504 Å². The number of carboxylic acid groups (broad SMARTS) is 1. The lowest BCUT2D eigenvalue weighted by atomic mass is 9.84. The first-order valence-corrected chi connectivity index (χ1v) is 43.5. The minimum atomic E-state index is -2.87. The van der Waals surface area contributed by atoms with Crippen LogP contribution in [0, 0.1) is 27.1 Å². The number of benzene rings is 3. The standard InChI is InChI=1S/C32H50N2O12Si.C22H28O10.C10H2O6.C7H15NO4Si.C6H12O2.C2H6O2Si/c1-7-31(17-43-18-31)21-45-29(37)25-16-26(30(38)46-22-32(8-2)19-44-20-32)24(15-23(25)27(35)33-11-9-13-39-3)28(36)34-12-10-14-47(40-4,41-5)42-6;1-3-21(8-28-9-21)12-30-19(25)15-6-17(16(18(23)24)5-14(15)7-32-27)20(26)31-13-22(4-2)10-29-11-22;11-7-3-1-4-6(10(14)16-8(4)12)2-5(3)9(13)15-7;1-10-13(11-2,12-3)6-4-5-8-7-9;1-2-6(3-7)4-8-5-6;1-3-5-4-2/h15-16H,7-14,17-22H2,1-6H3,(H,33,35)(H,34,36);5-6,27H,3-4,7-13H2,1-2H3,(H,23,24);1-2H;4-6H2,1-3H3;7H,2-5H2,1H3;1-2H3. The molecule has 5 fully saturated rings. The number of carbonyl (C=O) groups is 7. The van der Waals surface area contributed by atoms with Gasteiger partial charge in [0.15, 0.2) is 0 Å². The zero-order valence-corrected chi connectivity index (χ0v) is 73.9. The molecule has 0 atom stereocenters. The second-order valence-corrected chi connectivity index (χ2v) is 36.4. The number of fused-ring (bicyclic) bond motifs is 2. The Morgan fingerprint density at radius 2 is 0.777 bits per heavy atom. The predicted octanol–water partition coefficient (Wildman–Crippen LogP) is 5.46. The zero-order chi connectivity index (χ0) is 89.6. The van der Waals surface area contributed by atoms with Crippen molar-refractivity contribution in [3.8, 4) is 0 Å². The molecule has 5 aliphatic rings. The Labute approximate surface area is 703 Å². The van der Waals surface area contributed by atoms with E-state index in [0.29, 0.717) is 97.4 Å². The van der Waals surface area contributed by atoms with Gasteiger partial charge in [0.05, 0.1) is 161 Å². The molecule has 5 saturated heterocycles. The third-order valence-electron chi connectivity index (χ3n) is 21.4. The molecule has 39 nitrogen and oxygen atoms in total. The fourth-order valence-corrected chi connectivity index (χ4v) is 15.8. The van der Waals surface area contributed by atoms with E-state index in [1.165, 1.54) is 39.5 Å². The number of esters is 4. The molecule has 3 aromatic carbocycles. The molecule has 5 N–H and O–H groups in total. The molecule has 10 rings (SSSR count). The van der Waals surface area contributed by atoms with Gasteiger partial charge in [0.2, 0.25) is 6.08 Å². The normalized spacial score (nSPS) is 15.9. The average molecular weight is 1770 g/mol. The summed E-state index contributed by atoms with van der Waals surface area (Å²) in [5, 5.41) is 32.7. The van der Waals surface area contributed by atoms with Crippen molar-refractivity contribution in [2.45, 2.75) is 105 Å². The molecule has 121 heavy (non-hydrogen) atoms. The highest BCUT2D eigenvalue weighted by Crippen LogP contribution is 2.37. The van der Waals surface area contributed by atoms with Crippen LogP contribution in [0.1, 0.15) is 164 Å². The number of aliphatic imine (C=N–C) groups is 1. The Bertz CT molecular complexity index is 4250. The quantitative estimate of drug-likeness (QED) is 0.00472. The Balaban J connectivity index is 0.000000298. The number of hydrogen-bond acceptors (Lipinski definition) is 36. The number of furan rings is 2. The van der Waals surface area contributed by atoms with Gasteiger partial charge in [-0.15, -0.1) is 0 Å². The van der Waals surface area contributed by atoms with Crippen molar-refractivity contribution in [3.05, 3.63) is 123 Å². The second-order valence-electron chi connectivity index (χ2n) is 29.2. The van der Waals surface area contributed by atoms with E-state index in [-0.39, 0.29) is 149 Å². The third-order valence-corrected chi connectivity index (χ3v) is 27.4. The lowest BCUT2D eigenvalue weighted by molar-refractivity contribution is -0.253. The Kier molecular flexibility index (Phi) is 42.9. The molecule has 672 valence electrons. The number of carboxylic acids is 1. The number of methoxy groups -OCH3 is 1. The fraction of sp³-hybridized carbons (Fsp3) is 0.620. The van der Waals surface area contributed by atoms with E-state index in [1.54, 1.807) is 42.7 Å². The number of aromatic carboxylic acids is 1. The molecule has 2 radical (unpaired) electrons. The summed E-state index contributed by atoms with van der Waals surface area (Å²) < 4.78 is 103. The van der Waals surface area contributed by atoms with E-state index in [2.05, 4.69) is 45.1 Å². The highest BCUT2D eigenvalue weighted by molar-refractivity contribution is 6.61. The van der Waals surface area contributed by atoms with Crippen molar-refractivity contribution in [1.82, 2.24) is 10.6 Å². The van der Waals surface area contributed by atoms with Crippen LogP contribution in [0.25, 0.3) is 21.5 Å². The van der Waals surface area contributed by atoms with Crippen molar-refractivity contribution in [2.75, 3.05) is 189 Å². The molecule has 5 aliphatic heterocycles. The van der Waals surface area contributed by atoms with Crippen LogP contribution >= 0.6 is 0 Å². The molecule has 0 aliphatic carbocycles. The Morgan fingerprint density at radius 3 is 1.05 bits per heavy atom. The number of isocyanates is 1. The third kappa shape index (κ3) is 28.3. The van der Waals surface area contributed by atoms with E-state index < -0.39 is 88.4 Å². The lowest BCUT2D eigenvalue weighted by Crippen LogP contribution is -2.46. The molecule has 42 heteroatoms. The van der Waals surface area contributed by atoms with E-state index in [1.807, 2.05) is 27.7 Å². The molecule has 2 amide bonds. The predicted molar refractivity (Wildman–Crippen MR) is 433 cm³/mol. The van der Waals surface area contributed by atoms with Crippen LogP contribution in [0.4, 0.5) is 0 Å². The fourth-order valence-electron chi connectivity index (χ4n) is 12.2. The van der Waals surface area contributed by atoms with Gasteiger partial charge in [-0.1, -0.05) is 34.6 Å². The van der Waals surface area contributed by atoms with Crippen LogP contribution in [0.2, 0.25) is 12.1 Å². The maximum atomic E-state index is 13.6. The minimum absolute atomic E-state index is 0.0181. The second kappa shape index (κ2) is 50.4. The van der Waals surface area contributed by atoms with E-state index in [4.69, 9.17) is 84.3 Å². The summed E-state index contributed by atoms with van der Waals surface area (Å²) in [6, 6.07) is 8.06. The maximum absolute atomic E-state index is 13.6. The SMILES string of the molecule is CCC1(CO)COC1.CCC1(COC(=O)c2cc(C(=O)OCC3(CC)COC3)c(C(=O)NCCC[Si](OC)(OC)OC)cc2C(=O)NCCCOC)COC1.CCC1(COC(=O)c2cc(C(=O)OCC3(CC)COC3)c(C(=O)O)cc2COO)COC1.CO[Si](CCCN=C=O)(OC)OC.CO[Si]OC.O=c1oc(=O)c2cc3c(=O)oc(=O)c3cc12. The van der Waals surface area contributed by atoms with Gasteiger partial charge >= 0.3 is 80.0 Å². The van der Waals surface area contributed by atoms with Gasteiger partial charge < -0.3 is 112 Å². The van der Waals surface area contributed by atoms with Crippen molar-refractivity contribution < 1.29 is 150 Å². The van der Waals surface area contributed by atoms with Gasteiger partial charge in [-0.2, -0.15) is 0 Å². The van der Waals surface area contributed by atoms with Crippen molar-refractivity contribution in [1.29, 1.82) is 0 Å². The maximum Gasteiger partial charge on any atom is 0.500 e. The summed E-state index contributed by atoms with van der Waals surface area (Å²) in [6.45, 7) is 16.6. The van der Waals surface area contributed by atoms with E-state index >= 15 is 0 Å². The van der Waals surface area contributed by atoms with Gasteiger partial charge in [-0.3, -0.25) is 14.8 Å². The number of ether oxygens (including phenoxy) is 10. The number of amides is 2. The summed E-state index contributed by atoms with van der Waals surface area (Å²) in [6.07, 6.45) is 7.14. The highest BCUT2D eigenvalue weighted by Gasteiger charge is 2.44. The van der Waals surface area contributed by atoms with Crippen LogP contribution in [0.5, 0.6) is 0 Å². The number of aliphatic hydroxyl groups is 1. The van der Waals surface area contributed by atoms with E-state index in [9.17, 15) is 62.6 Å². The number of rotatable bonds is 43. The van der Waals surface area contributed by atoms with Crippen molar-refractivity contribution in [3.63, 3.8) is 0 Å². The van der Waals surface area contributed by atoms with Gasteiger partial charge in [-0.25, -0.2) is 57.8 Å². The summed E-state index contributed by atoms with van der Waals surface area (Å²) >= 11 is 0. The molecule has 5 aromatic rings. The molecule has 0 spiro atoms. The van der Waals surface area contributed by atoms with E-state index in [0.717, 1.165) is 69.6 Å². The molecule has 0 bridgehead atoms. The molecular formula is C79H113N3O36Si3. The number of carbonyl (C=O) groups excluding carboxylic acids is 7. The Hall–Kier alpha value is -8.42. The molecule has 7 heterocycles. The first-order valence-electron chi connectivity index (χ1n) is 38.9. The number of hydrogen-bond donors (Lipinski definition) is 5. The monoisotopic (exact) mass is 1760 g/mol. The largest absolute Gasteiger partial charge is 0.500 e. The average Bonchev–Trinajstić information content (AvgIpc) is 1.65. The zero-order valence-electron chi connectivity index (χ0n) is 70.9. The van der Waals surface area contributed by atoms with Crippen molar-refractivity contribution >= 4 is 96.9 Å². The van der Waals surface area contributed by atoms with Crippen LogP contribution in [0.15, 0.2) is 69.4 Å². The molecule has 2 aromatic heterocycles. The minimum Gasteiger partial charge on any atom is -0.478 e. The summed E-state index contributed by atoms with van der Waals surface area (Å²) in [4.78, 5) is 154. The first-order chi connectivity index (χ1) is 57.9. The van der Waals surface area contributed by atoms with Gasteiger partial charge in [-0.05, 0) is 93.3 Å². The summed E-state index contributed by atoms with van der Waals surface area (Å²) in [5.74, 6) is -5.86. The molecule has 0 saturated carbocycles. The number of nitrogens with one attached hydrogen (secondary N) is 2. The number of nitrogens with zero attached hydrogens (tertiary/aromatic N) is 1. The number of aliphatic hydroxyl groups excluding tert-OH is 1. The first kappa shape index (κ1) is 103. The van der Waals surface area contributed by atoms with Gasteiger partial charge in [0.25, 0.3) is 11.8 Å². The van der Waals surface area contributed by atoms with Crippen LogP contribution in [0.3, 0.4) is 0 Å². The smallest absolute Gasteiger partial charge is 0.478 e. The molecular weight excluding hydrogens is 1650 g/mol.